The van der Waals surface area contributed by atoms with E-state index in [1.807, 2.05) is 6.92 Å². The Bertz CT molecular complexity index is 927. The molecule has 0 aromatic heterocycles. The predicted octanol–water partition coefficient (Wildman–Crippen LogP) is 2.91. The van der Waals surface area contributed by atoms with E-state index < -0.39 is 22.9 Å². The number of carbonyl (C=O) groups is 3. The molecular formula is C19H18N2O6S. The molecule has 9 heteroatoms. The molecule has 0 spiro atoms. The maximum Gasteiger partial charge on any atom is 0.316 e. The molecule has 0 aliphatic carbocycles. The van der Waals surface area contributed by atoms with Crippen molar-refractivity contribution >= 4 is 35.1 Å². The fourth-order valence-corrected chi connectivity index (χ4v) is 3.10. The van der Waals surface area contributed by atoms with Crippen LogP contribution in [0.15, 0.2) is 47.4 Å². The lowest BCUT2D eigenvalue weighted by atomic mass is 10.1. The van der Waals surface area contributed by atoms with Crippen molar-refractivity contribution in [3.8, 4) is 0 Å². The van der Waals surface area contributed by atoms with Crippen molar-refractivity contribution in [1.82, 2.24) is 0 Å². The quantitative estimate of drug-likeness (QED) is 0.236. The van der Waals surface area contributed by atoms with E-state index in [2.05, 4.69) is 0 Å². The summed E-state index contributed by atoms with van der Waals surface area (Å²) in [7, 11) is 0. The molecule has 0 unspecified atom stereocenters. The third-order valence-corrected chi connectivity index (χ3v) is 4.84. The van der Waals surface area contributed by atoms with E-state index in [9.17, 15) is 24.5 Å². The number of nitrogens with zero attached hydrogens (tertiary/aromatic N) is 1. The number of ketones is 1. The van der Waals surface area contributed by atoms with Gasteiger partial charge in [-0.1, -0.05) is 29.8 Å². The zero-order valence-electron chi connectivity index (χ0n) is 15.2. The molecule has 28 heavy (non-hydrogen) atoms. The van der Waals surface area contributed by atoms with Gasteiger partial charge in [0.1, 0.15) is 0 Å². The third-order valence-electron chi connectivity index (χ3n) is 3.80. The van der Waals surface area contributed by atoms with Crippen molar-refractivity contribution in [2.24, 2.45) is 5.73 Å². The molecule has 0 fully saturated rings. The van der Waals surface area contributed by atoms with E-state index >= 15 is 0 Å². The van der Waals surface area contributed by atoms with Gasteiger partial charge >= 0.3 is 5.97 Å². The standard InChI is InChI=1S/C19H18N2O6S/c1-11-3-5-13(6-4-11)18(23)12(2)27-17(22)10-28-16-8-7-14(19(20)24)9-15(16)21(25)26/h3-9,12H,10H2,1-2H3,(H2,20,24)/t12-/m0/s1. The van der Waals surface area contributed by atoms with Gasteiger partial charge in [0.05, 0.1) is 15.6 Å². The van der Waals surface area contributed by atoms with Gasteiger partial charge in [0.15, 0.2) is 6.10 Å². The summed E-state index contributed by atoms with van der Waals surface area (Å²) in [6, 6.07) is 10.6. The van der Waals surface area contributed by atoms with E-state index in [1.54, 1.807) is 24.3 Å². The number of ether oxygens (including phenoxy) is 1. The van der Waals surface area contributed by atoms with E-state index in [4.69, 9.17) is 10.5 Å². The summed E-state index contributed by atoms with van der Waals surface area (Å²) in [4.78, 5) is 46.2. The average molecular weight is 402 g/mol. The number of rotatable bonds is 8. The van der Waals surface area contributed by atoms with E-state index in [1.165, 1.54) is 19.1 Å². The van der Waals surface area contributed by atoms with Gasteiger partial charge in [0.2, 0.25) is 11.7 Å². The van der Waals surface area contributed by atoms with Gasteiger partial charge in [-0.25, -0.2) is 0 Å². The highest BCUT2D eigenvalue weighted by Gasteiger charge is 2.22. The number of amides is 1. The minimum absolute atomic E-state index is 0.00376. The second-order valence-corrected chi connectivity index (χ2v) is 6.97. The first-order valence-corrected chi connectivity index (χ1v) is 9.19. The van der Waals surface area contributed by atoms with Crippen molar-refractivity contribution in [1.29, 1.82) is 0 Å². The number of nitro benzene ring substituents is 1. The van der Waals surface area contributed by atoms with Gasteiger partial charge in [0.25, 0.3) is 5.69 Å². The number of esters is 1. The summed E-state index contributed by atoms with van der Waals surface area (Å²) in [5.41, 5.74) is 6.21. The van der Waals surface area contributed by atoms with Crippen LogP contribution in [0.2, 0.25) is 0 Å². The van der Waals surface area contributed by atoms with Gasteiger partial charge < -0.3 is 10.5 Å². The Morgan fingerprint density at radius 2 is 1.75 bits per heavy atom. The number of nitrogens with two attached hydrogens (primary N) is 1. The topological polar surface area (TPSA) is 130 Å². The average Bonchev–Trinajstić information content (AvgIpc) is 2.66. The van der Waals surface area contributed by atoms with E-state index in [-0.39, 0.29) is 27.7 Å². The number of benzene rings is 2. The molecule has 0 saturated carbocycles. The van der Waals surface area contributed by atoms with Gasteiger partial charge in [-0.05, 0) is 26.0 Å². The summed E-state index contributed by atoms with van der Waals surface area (Å²) < 4.78 is 5.13. The normalized spacial score (nSPS) is 11.5. The molecule has 2 rings (SSSR count). The van der Waals surface area contributed by atoms with Crippen molar-refractivity contribution in [3.05, 3.63) is 69.3 Å². The first kappa shape index (κ1) is 21.1. The maximum atomic E-state index is 12.3. The fraction of sp³-hybridized carbons (Fsp3) is 0.211. The largest absolute Gasteiger partial charge is 0.454 e. The number of carbonyl (C=O) groups excluding carboxylic acids is 3. The molecule has 8 nitrogen and oxygen atoms in total. The fourth-order valence-electron chi connectivity index (χ4n) is 2.31. The second-order valence-electron chi connectivity index (χ2n) is 5.95. The van der Waals surface area contributed by atoms with Crippen LogP contribution in [0.5, 0.6) is 0 Å². The highest BCUT2D eigenvalue weighted by Crippen LogP contribution is 2.30. The number of hydrogen-bond acceptors (Lipinski definition) is 7. The molecule has 2 aromatic carbocycles. The van der Waals surface area contributed by atoms with Gasteiger partial charge in [0, 0.05) is 17.2 Å². The van der Waals surface area contributed by atoms with E-state index in [0.29, 0.717) is 5.56 Å². The van der Waals surface area contributed by atoms with Crippen LogP contribution in [-0.2, 0) is 9.53 Å². The van der Waals surface area contributed by atoms with Gasteiger partial charge in [-0.15, -0.1) is 11.8 Å². The Labute approximate surface area is 165 Å². The van der Waals surface area contributed by atoms with Crippen LogP contribution in [0.25, 0.3) is 0 Å². The molecule has 146 valence electrons. The summed E-state index contributed by atoms with van der Waals surface area (Å²) in [6.07, 6.45) is -0.983. The van der Waals surface area contributed by atoms with Crippen molar-refractivity contribution in [3.63, 3.8) is 0 Å². The number of aryl methyl sites for hydroxylation is 1. The van der Waals surface area contributed by atoms with Crippen molar-refractivity contribution in [2.45, 2.75) is 24.8 Å². The molecule has 0 bridgehead atoms. The number of thioether (sulfide) groups is 1. The Morgan fingerprint density at radius 3 is 2.32 bits per heavy atom. The molecule has 0 heterocycles. The van der Waals surface area contributed by atoms with Crippen LogP contribution in [0.4, 0.5) is 5.69 Å². The molecule has 0 radical (unpaired) electrons. The minimum Gasteiger partial charge on any atom is -0.454 e. The predicted molar refractivity (Wildman–Crippen MR) is 103 cm³/mol. The van der Waals surface area contributed by atoms with Gasteiger partial charge in [-0.2, -0.15) is 0 Å². The highest BCUT2D eigenvalue weighted by atomic mass is 32.2. The number of primary amides is 1. The molecule has 2 N–H and O–H groups in total. The molecule has 0 saturated heterocycles. The van der Waals surface area contributed by atoms with Crippen LogP contribution < -0.4 is 5.73 Å². The van der Waals surface area contributed by atoms with Crippen molar-refractivity contribution in [2.75, 3.05) is 5.75 Å². The summed E-state index contributed by atoms with van der Waals surface area (Å²) in [5.74, 6) is -2.05. The molecule has 0 aliphatic rings. The van der Waals surface area contributed by atoms with Crippen LogP contribution in [0.3, 0.4) is 0 Å². The Kier molecular flexibility index (Phi) is 6.89. The molecule has 1 amide bonds. The lowest BCUT2D eigenvalue weighted by molar-refractivity contribution is -0.387. The zero-order valence-corrected chi connectivity index (χ0v) is 16.0. The third kappa shape index (κ3) is 5.40. The number of Topliss-reactive ketones (excluding diaryl/α,β-unsaturated/α-hetero) is 1. The summed E-state index contributed by atoms with van der Waals surface area (Å²) in [6.45, 7) is 3.36. The molecular weight excluding hydrogens is 384 g/mol. The SMILES string of the molecule is Cc1ccc(C(=O)[C@H](C)OC(=O)CSc2ccc(C(N)=O)cc2[N+](=O)[O-])cc1. The van der Waals surface area contributed by atoms with Crippen LogP contribution in [0, 0.1) is 17.0 Å². The zero-order chi connectivity index (χ0) is 20.8. The minimum atomic E-state index is -0.983. The lowest BCUT2D eigenvalue weighted by Gasteiger charge is -2.12. The number of hydrogen-bond donors (Lipinski definition) is 1. The summed E-state index contributed by atoms with van der Waals surface area (Å²) in [5, 5.41) is 11.2. The Balaban J connectivity index is 2.00. The van der Waals surface area contributed by atoms with Crippen LogP contribution in [-0.4, -0.2) is 34.4 Å². The number of nitro groups is 1. The second kappa shape index (κ2) is 9.14. The monoisotopic (exact) mass is 402 g/mol. The Hall–Kier alpha value is -3.20. The van der Waals surface area contributed by atoms with E-state index in [0.717, 1.165) is 23.4 Å². The van der Waals surface area contributed by atoms with Crippen LogP contribution in [0.1, 0.15) is 33.2 Å². The first-order valence-electron chi connectivity index (χ1n) is 8.20. The molecule has 0 aliphatic heterocycles. The summed E-state index contributed by atoms with van der Waals surface area (Å²) >= 11 is 0.876. The van der Waals surface area contributed by atoms with Crippen LogP contribution >= 0.6 is 11.8 Å². The highest BCUT2D eigenvalue weighted by molar-refractivity contribution is 8.00. The lowest BCUT2D eigenvalue weighted by Crippen LogP contribution is -2.25. The molecule has 2 aromatic rings. The maximum absolute atomic E-state index is 12.3. The first-order chi connectivity index (χ1) is 13.2. The molecule has 1 atom stereocenters. The van der Waals surface area contributed by atoms with Crippen molar-refractivity contribution < 1.29 is 24.0 Å². The van der Waals surface area contributed by atoms with Gasteiger partial charge in [-0.3, -0.25) is 24.5 Å². The Morgan fingerprint density at radius 1 is 1.14 bits per heavy atom. The smallest absolute Gasteiger partial charge is 0.316 e.